The molecule has 0 aliphatic rings. The van der Waals surface area contributed by atoms with E-state index in [1.54, 1.807) is 6.92 Å². The zero-order valence-electron chi connectivity index (χ0n) is 11.0. The minimum atomic E-state index is -0.953. The lowest BCUT2D eigenvalue weighted by molar-refractivity contribution is 0.0519. The number of carbonyl (C=O) groups is 2. The largest absolute Gasteiger partial charge is 0.461 e. The number of carbonyl (C=O) groups excluding carboxylic acids is 2. The van der Waals surface area contributed by atoms with Gasteiger partial charge in [0.15, 0.2) is 11.5 Å². The molecule has 0 amide bonds. The second-order valence-electron chi connectivity index (χ2n) is 4.07. The van der Waals surface area contributed by atoms with Crippen LogP contribution in [0.2, 0.25) is 0 Å². The average Bonchev–Trinajstić information content (AvgIpc) is 2.87. The number of esters is 1. The molecule has 0 unspecified atom stereocenters. The molecule has 0 bridgehead atoms. The molecular weight excluding hydrogens is 284 g/mol. The van der Waals surface area contributed by atoms with E-state index in [0.717, 1.165) is 16.8 Å². The number of benzene rings is 1. The highest BCUT2D eigenvalue weighted by atomic mass is 19.1. The Morgan fingerprint density at radius 2 is 2.10 bits per heavy atom. The monoisotopic (exact) mass is 295 g/mol. The summed E-state index contributed by atoms with van der Waals surface area (Å²) in [6, 6.07) is 2.66. The summed E-state index contributed by atoms with van der Waals surface area (Å²) in [6.45, 7) is 1.50. The van der Waals surface area contributed by atoms with Gasteiger partial charge in [0.25, 0.3) is 0 Å². The van der Waals surface area contributed by atoms with Crippen LogP contribution >= 0.6 is 0 Å². The molecule has 110 valence electrons. The van der Waals surface area contributed by atoms with Gasteiger partial charge in [-0.1, -0.05) is 5.21 Å². The number of hydrogen-bond donors (Lipinski definition) is 0. The molecule has 1 aromatic heterocycles. The smallest absolute Gasteiger partial charge is 0.360 e. The van der Waals surface area contributed by atoms with Crippen molar-refractivity contribution in [2.75, 3.05) is 6.61 Å². The number of ether oxygens (including phenoxy) is 1. The third-order valence-electron chi connectivity index (χ3n) is 2.56. The van der Waals surface area contributed by atoms with E-state index in [0.29, 0.717) is 6.07 Å². The van der Waals surface area contributed by atoms with Gasteiger partial charge >= 0.3 is 5.97 Å². The molecule has 0 fully saturated rings. The Balaban J connectivity index is 2.11. The van der Waals surface area contributed by atoms with Crippen LogP contribution in [-0.2, 0) is 11.3 Å². The topological polar surface area (TPSA) is 74.1 Å². The first-order valence-corrected chi connectivity index (χ1v) is 6.06. The van der Waals surface area contributed by atoms with Crippen LogP contribution in [0, 0.1) is 11.6 Å². The zero-order valence-corrected chi connectivity index (χ0v) is 11.0. The molecule has 8 heteroatoms. The number of rotatable bonds is 5. The third-order valence-corrected chi connectivity index (χ3v) is 2.56. The Labute approximate surface area is 118 Å². The third kappa shape index (κ3) is 3.47. The Morgan fingerprint density at radius 3 is 2.76 bits per heavy atom. The second-order valence-corrected chi connectivity index (χ2v) is 4.07. The number of Topliss-reactive ketones (excluding diaryl/α,β-unsaturated/α-hetero) is 1. The summed E-state index contributed by atoms with van der Waals surface area (Å²) in [5.74, 6) is -3.00. The first-order valence-electron chi connectivity index (χ1n) is 6.06. The van der Waals surface area contributed by atoms with E-state index >= 15 is 0 Å². The van der Waals surface area contributed by atoms with Gasteiger partial charge in [0.05, 0.1) is 18.4 Å². The maximum Gasteiger partial charge on any atom is 0.360 e. The van der Waals surface area contributed by atoms with Crippen molar-refractivity contribution in [3.63, 3.8) is 0 Å². The quantitative estimate of drug-likeness (QED) is 0.619. The fourth-order valence-corrected chi connectivity index (χ4v) is 1.62. The van der Waals surface area contributed by atoms with Crippen molar-refractivity contribution < 1.29 is 23.1 Å². The molecule has 21 heavy (non-hydrogen) atoms. The molecule has 0 saturated carbocycles. The molecule has 2 aromatic rings. The molecule has 0 aliphatic carbocycles. The lowest BCUT2D eigenvalue weighted by atomic mass is 10.1. The van der Waals surface area contributed by atoms with Gasteiger partial charge in [0.2, 0.25) is 0 Å². The van der Waals surface area contributed by atoms with Crippen molar-refractivity contribution in [3.05, 3.63) is 47.3 Å². The van der Waals surface area contributed by atoms with Crippen LogP contribution in [0.15, 0.2) is 24.4 Å². The predicted octanol–water partition coefficient (Wildman–Crippen LogP) is 1.62. The van der Waals surface area contributed by atoms with E-state index in [2.05, 4.69) is 10.3 Å². The molecule has 6 nitrogen and oxygen atoms in total. The fourth-order valence-electron chi connectivity index (χ4n) is 1.62. The molecule has 0 atom stereocenters. The lowest BCUT2D eigenvalue weighted by Crippen LogP contribution is -2.13. The average molecular weight is 295 g/mol. The van der Waals surface area contributed by atoms with Gasteiger partial charge in [-0.3, -0.25) is 4.79 Å². The summed E-state index contributed by atoms with van der Waals surface area (Å²) >= 11 is 0. The Hall–Kier alpha value is -2.64. The highest BCUT2D eigenvalue weighted by Crippen LogP contribution is 2.11. The number of ketones is 1. The normalized spacial score (nSPS) is 10.4. The van der Waals surface area contributed by atoms with E-state index in [1.165, 1.54) is 6.20 Å². The first-order chi connectivity index (χ1) is 10.0. The van der Waals surface area contributed by atoms with Crippen molar-refractivity contribution in [1.82, 2.24) is 15.0 Å². The molecule has 0 spiro atoms. The number of hydrogen-bond acceptors (Lipinski definition) is 5. The predicted molar refractivity (Wildman–Crippen MR) is 66.7 cm³/mol. The zero-order chi connectivity index (χ0) is 15.4. The van der Waals surface area contributed by atoms with Crippen LogP contribution < -0.4 is 0 Å². The van der Waals surface area contributed by atoms with Crippen molar-refractivity contribution in [2.24, 2.45) is 0 Å². The maximum absolute atomic E-state index is 13.5. The van der Waals surface area contributed by atoms with Crippen molar-refractivity contribution >= 4 is 11.8 Å². The lowest BCUT2D eigenvalue weighted by Gasteiger charge is -2.02. The second kappa shape index (κ2) is 6.21. The molecular formula is C13H11F2N3O3. The minimum absolute atomic E-state index is 0.0516. The standard InChI is InChI=1S/C13H11F2N3O3/c1-2-21-13(20)11-6-18(17-16-11)7-12(19)9-4-3-8(14)5-10(9)15/h3-6H,2,7H2,1H3. The van der Waals surface area contributed by atoms with Crippen LogP contribution in [0.3, 0.4) is 0 Å². The van der Waals surface area contributed by atoms with Gasteiger partial charge in [0.1, 0.15) is 18.2 Å². The van der Waals surface area contributed by atoms with E-state index in [1.807, 2.05) is 0 Å². The summed E-state index contributed by atoms with van der Waals surface area (Å²) in [4.78, 5) is 23.3. The number of aromatic nitrogens is 3. The number of nitrogens with zero attached hydrogens (tertiary/aromatic N) is 3. The molecule has 0 aliphatic heterocycles. The van der Waals surface area contributed by atoms with Gasteiger partial charge in [-0.2, -0.15) is 0 Å². The van der Waals surface area contributed by atoms with Crippen LogP contribution in [0.1, 0.15) is 27.8 Å². The van der Waals surface area contributed by atoms with Crippen molar-refractivity contribution in [3.8, 4) is 0 Å². The number of halogens is 2. The van der Waals surface area contributed by atoms with E-state index in [-0.39, 0.29) is 24.4 Å². The van der Waals surface area contributed by atoms with Gasteiger partial charge in [0, 0.05) is 6.07 Å². The minimum Gasteiger partial charge on any atom is -0.461 e. The van der Waals surface area contributed by atoms with E-state index in [4.69, 9.17) is 4.74 Å². The summed E-state index contributed by atoms with van der Waals surface area (Å²) < 4.78 is 32.0. The van der Waals surface area contributed by atoms with Gasteiger partial charge < -0.3 is 4.74 Å². The van der Waals surface area contributed by atoms with Crippen molar-refractivity contribution in [2.45, 2.75) is 13.5 Å². The summed E-state index contributed by atoms with van der Waals surface area (Å²) in [6.07, 6.45) is 1.22. The maximum atomic E-state index is 13.5. The molecule has 2 rings (SSSR count). The van der Waals surface area contributed by atoms with Crippen molar-refractivity contribution in [1.29, 1.82) is 0 Å². The highest BCUT2D eigenvalue weighted by Gasteiger charge is 2.16. The molecule has 0 saturated heterocycles. The van der Waals surface area contributed by atoms with Crippen LogP contribution in [0.25, 0.3) is 0 Å². The molecule has 1 heterocycles. The first kappa shape index (κ1) is 14.8. The highest BCUT2D eigenvalue weighted by molar-refractivity contribution is 5.96. The van der Waals surface area contributed by atoms with Gasteiger partial charge in [-0.25, -0.2) is 18.3 Å². The Bertz CT molecular complexity index is 685. The Kier molecular flexibility index (Phi) is 4.36. The van der Waals surface area contributed by atoms with Crippen LogP contribution in [0.4, 0.5) is 8.78 Å². The molecule has 0 radical (unpaired) electrons. The van der Waals surface area contributed by atoms with Gasteiger partial charge in [-0.05, 0) is 19.1 Å². The van der Waals surface area contributed by atoms with Gasteiger partial charge in [-0.15, -0.1) is 5.10 Å². The summed E-state index contributed by atoms with van der Waals surface area (Å²) in [7, 11) is 0. The van der Waals surface area contributed by atoms with E-state index < -0.39 is 23.4 Å². The fraction of sp³-hybridized carbons (Fsp3) is 0.231. The van der Waals surface area contributed by atoms with E-state index in [9.17, 15) is 18.4 Å². The summed E-state index contributed by atoms with van der Waals surface area (Å²) in [5.41, 5.74) is -0.311. The molecule has 1 aromatic carbocycles. The van der Waals surface area contributed by atoms with Crippen LogP contribution in [0.5, 0.6) is 0 Å². The SMILES string of the molecule is CCOC(=O)c1cn(CC(=O)c2ccc(F)cc2F)nn1. The Morgan fingerprint density at radius 1 is 1.33 bits per heavy atom. The summed E-state index contributed by atoms with van der Waals surface area (Å²) in [5, 5.41) is 7.13. The van der Waals surface area contributed by atoms with Crippen LogP contribution in [-0.4, -0.2) is 33.4 Å². The molecule has 0 N–H and O–H groups in total.